The van der Waals surface area contributed by atoms with Gasteiger partial charge in [0.15, 0.2) is 0 Å². The second kappa shape index (κ2) is 4.74. The first-order valence-electron chi connectivity index (χ1n) is 7.80. The van der Waals surface area contributed by atoms with E-state index in [0.717, 1.165) is 26.1 Å². The number of carbonyl (C=O) groups excluding carboxylic acids is 1. The fraction of sp³-hybridized carbons (Fsp3) is 0.933. The molecule has 4 heteroatoms. The Kier molecular flexibility index (Phi) is 3.34. The van der Waals surface area contributed by atoms with E-state index in [2.05, 4.69) is 29.2 Å². The van der Waals surface area contributed by atoms with Crippen LogP contribution in [0.4, 0.5) is 0 Å². The van der Waals surface area contributed by atoms with Crippen LogP contribution in [0.25, 0.3) is 0 Å². The maximum Gasteiger partial charge on any atom is 0.244 e. The van der Waals surface area contributed by atoms with Crippen LogP contribution >= 0.6 is 0 Å². The van der Waals surface area contributed by atoms with Gasteiger partial charge in [-0.3, -0.25) is 10.1 Å². The Hall–Kier alpha value is -0.610. The lowest BCUT2D eigenvalue weighted by molar-refractivity contribution is -0.133. The van der Waals surface area contributed by atoms with Gasteiger partial charge >= 0.3 is 0 Å². The van der Waals surface area contributed by atoms with Crippen LogP contribution in [-0.4, -0.2) is 54.1 Å². The van der Waals surface area contributed by atoms with Crippen LogP contribution in [0.3, 0.4) is 0 Å². The fourth-order valence-corrected chi connectivity index (χ4v) is 4.33. The Morgan fingerprint density at radius 1 is 1.11 bits per heavy atom. The van der Waals surface area contributed by atoms with E-state index >= 15 is 0 Å². The van der Waals surface area contributed by atoms with Gasteiger partial charge < -0.3 is 9.80 Å². The van der Waals surface area contributed by atoms with Gasteiger partial charge in [0.1, 0.15) is 0 Å². The van der Waals surface area contributed by atoms with E-state index in [1.54, 1.807) is 0 Å². The van der Waals surface area contributed by atoms with Crippen molar-refractivity contribution in [3.63, 3.8) is 0 Å². The Morgan fingerprint density at radius 2 is 1.68 bits per heavy atom. The zero-order valence-electron chi connectivity index (χ0n) is 12.4. The van der Waals surface area contributed by atoms with Gasteiger partial charge in [-0.2, -0.15) is 0 Å². The summed E-state index contributed by atoms with van der Waals surface area (Å²) in [5, 5.41) is 3.52. The van der Waals surface area contributed by atoms with E-state index in [-0.39, 0.29) is 11.1 Å². The number of carbonyl (C=O) groups is 1. The molecular weight excluding hydrogens is 238 g/mol. The highest BCUT2D eigenvalue weighted by atomic mass is 16.2. The first kappa shape index (κ1) is 13.4. The van der Waals surface area contributed by atoms with Crippen molar-refractivity contribution < 1.29 is 4.79 Å². The second-order valence-electron chi connectivity index (χ2n) is 6.95. The molecule has 0 unspecified atom stereocenters. The number of nitrogens with one attached hydrogen (secondary N) is 1. The van der Waals surface area contributed by atoms with Crippen molar-refractivity contribution in [1.29, 1.82) is 0 Å². The molecule has 2 saturated carbocycles. The molecule has 0 radical (unpaired) electrons. The van der Waals surface area contributed by atoms with E-state index in [4.69, 9.17) is 0 Å². The molecule has 0 bridgehead atoms. The molecule has 108 valence electrons. The van der Waals surface area contributed by atoms with Gasteiger partial charge in [0.05, 0.1) is 12.2 Å². The van der Waals surface area contributed by atoms with Crippen molar-refractivity contribution in [2.45, 2.75) is 62.4 Å². The normalized spacial score (nSPS) is 29.0. The lowest BCUT2D eigenvalue weighted by atomic mass is 9.93. The van der Waals surface area contributed by atoms with Crippen molar-refractivity contribution in [2.24, 2.45) is 0 Å². The highest BCUT2D eigenvalue weighted by molar-refractivity contribution is 5.88. The molecule has 2 aliphatic carbocycles. The van der Waals surface area contributed by atoms with Crippen LogP contribution in [0.1, 0.15) is 51.4 Å². The van der Waals surface area contributed by atoms with Gasteiger partial charge in [0.2, 0.25) is 5.91 Å². The molecule has 3 fully saturated rings. The van der Waals surface area contributed by atoms with Gasteiger partial charge in [-0.1, -0.05) is 25.7 Å². The van der Waals surface area contributed by atoms with Gasteiger partial charge in [-0.05, 0) is 39.8 Å². The van der Waals surface area contributed by atoms with E-state index in [9.17, 15) is 4.79 Å². The van der Waals surface area contributed by atoms with Gasteiger partial charge in [-0.15, -0.1) is 0 Å². The Balaban J connectivity index is 1.72. The molecule has 0 atom stereocenters. The quantitative estimate of drug-likeness (QED) is 0.841. The zero-order chi connectivity index (χ0) is 13.5. The van der Waals surface area contributed by atoms with Crippen LogP contribution in [0.2, 0.25) is 0 Å². The van der Waals surface area contributed by atoms with Gasteiger partial charge in [-0.25, -0.2) is 0 Å². The third-order valence-electron chi connectivity index (χ3n) is 5.73. The summed E-state index contributed by atoms with van der Waals surface area (Å²) < 4.78 is 0. The molecular formula is C15H27N3O. The first-order valence-corrected chi connectivity index (χ1v) is 7.80. The number of hydrogen-bond acceptors (Lipinski definition) is 3. The summed E-state index contributed by atoms with van der Waals surface area (Å²) in [6.45, 7) is 1.67. The highest BCUT2D eigenvalue weighted by Gasteiger charge is 2.50. The smallest absolute Gasteiger partial charge is 0.244 e. The zero-order valence-corrected chi connectivity index (χ0v) is 12.4. The first-order chi connectivity index (χ1) is 9.08. The molecule has 1 amide bonds. The summed E-state index contributed by atoms with van der Waals surface area (Å²) in [7, 11) is 4.34. The molecule has 0 aromatic heterocycles. The van der Waals surface area contributed by atoms with Crippen LogP contribution in [-0.2, 0) is 4.79 Å². The Bertz CT molecular complexity index is 354. The van der Waals surface area contributed by atoms with Crippen molar-refractivity contribution in [3.8, 4) is 0 Å². The topological polar surface area (TPSA) is 35.6 Å². The van der Waals surface area contributed by atoms with Crippen molar-refractivity contribution in [3.05, 3.63) is 0 Å². The minimum Gasteiger partial charge on any atom is -0.326 e. The molecule has 1 heterocycles. The fourth-order valence-electron chi connectivity index (χ4n) is 4.33. The molecule has 0 aromatic rings. The lowest BCUT2D eigenvalue weighted by Crippen LogP contribution is -2.52. The summed E-state index contributed by atoms with van der Waals surface area (Å²) in [4.78, 5) is 17.2. The number of amides is 1. The van der Waals surface area contributed by atoms with Crippen LogP contribution in [0, 0.1) is 0 Å². The van der Waals surface area contributed by atoms with Gasteiger partial charge in [0, 0.05) is 12.1 Å². The van der Waals surface area contributed by atoms with Gasteiger partial charge in [0.25, 0.3) is 0 Å². The van der Waals surface area contributed by atoms with Crippen LogP contribution < -0.4 is 5.32 Å². The lowest BCUT2D eigenvalue weighted by Gasteiger charge is -2.39. The molecule has 3 aliphatic rings. The Labute approximate surface area is 116 Å². The summed E-state index contributed by atoms with van der Waals surface area (Å²) in [5.41, 5.74) is 0.0353. The average molecular weight is 265 g/mol. The standard InChI is InChI=1S/C15H27N3O/c1-17(2)14(7-3-4-8-14)11-18-12-16-15(13(18)19)9-5-6-10-15/h16H,3-12H2,1-2H3. The van der Waals surface area contributed by atoms with Crippen molar-refractivity contribution in [2.75, 3.05) is 27.3 Å². The predicted octanol–water partition coefficient (Wildman–Crippen LogP) is 1.56. The average Bonchev–Trinajstić information content (AvgIpc) is 3.09. The monoisotopic (exact) mass is 265 g/mol. The summed E-state index contributed by atoms with van der Waals surface area (Å²) in [6.07, 6.45) is 9.55. The molecule has 1 saturated heterocycles. The molecule has 19 heavy (non-hydrogen) atoms. The Morgan fingerprint density at radius 3 is 2.26 bits per heavy atom. The predicted molar refractivity (Wildman–Crippen MR) is 75.8 cm³/mol. The van der Waals surface area contributed by atoms with E-state index < -0.39 is 0 Å². The van der Waals surface area contributed by atoms with Crippen LogP contribution in [0.15, 0.2) is 0 Å². The molecule has 3 rings (SSSR count). The third kappa shape index (κ3) is 2.09. The van der Waals surface area contributed by atoms with Crippen molar-refractivity contribution >= 4 is 5.91 Å². The highest BCUT2D eigenvalue weighted by Crippen LogP contribution is 2.38. The summed E-state index contributed by atoms with van der Waals surface area (Å²) >= 11 is 0. The molecule has 1 N–H and O–H groups in total. The van der Waals surface area contributed by atoms with E-state index in [1.807, 2.05) is 0 Å². The molecule has 4 nitrogen and oxygen atoms in total. The number of rotatable bonds is 3. The number of hydrogen-bond donors (Lipinski definition) is 1. The second-order valence-corrected chi connectivity index (χ2v) is 6.95. The molecule has 0 aromatic carbocycles. The van der Waals surface area contributed by atoms with E-state index in [1.165, 1.54) is 38.5 Å². The largest absolute Gasteiger partial charge is 0.326 e. The summed E-state index contributed by atoms with van der Waals surface area (Å²) in [5.74, 6) is 0.373. The van der Waals surface area contributed by atoms with Crippen molar-refractivity contribution in [1.82, 2.24) is 15.1 Å². The SMILES string of the molecule is CN(C)C1(CN2CNC3(CCCC3)C2=O)CCCC1. The van der Waals surface area contributed by atoms with Crippen LogP contribution in [0.5, 0.6) is 0 Å². The number of nitrogens with zero attached hydrogens (tertiary/aromatic N) is 2. The third-order valence-corrected chi connectivity index (χ3v) is 5.73. The molecule has 1 spiro atoms. The maximum atomic E-state index is 12.7. The minimum atomic E-state index is -0.188. The number of likely N-dealkylation sites (N-methyl/N-ethyl adjacent to an activating group) is 1. The minimum absolute atomic E-state index is 0.188. The molecule has 1 aliphatic heterocycles. The maximum absolute atomic E-state index is 12.7. The summed E-state index contributed by atoms with van der Waals surface area (Å²) in [6, 6.07) is 0. The van der Waals surface area contributed by atoms with E-state index in [0.29, 0.717) is 5.91 Å².